The second kappa shape index (κ2) is 11.1. The minimum atomic E-state index is -0.305. The summed E-state index contributed by atoms with van der Waals surface area (Å²) in [5.41, 5.74) is 1.73. The summed E-state index contributed by atoms with van der Waals surface area (Å²) in [6, 6.07) is 9.26. The van der Waals surface area contributed by atoms with E-state index >= 15 is 0 Å². The molecule has 8 nitrogen and oxygen atoms in total. The molecule has 0 fully saturated rings. The minimum Gasteiger partial charge on any atom is -0.493 e. The van der Waals surface area contributed by atoms with Crippen LogP contribution >= 0.6 is 11.3 Å². The molecule has 1 aliphatic heterocycles. The van der Waals surface area contributed by atoms with Gasteiger partial charge in [-0.3, -0.25) is 9.59 Å². The molecule has 2 heterocycles. The van der Waals surface area contributed by atoms with Gasteiger partial charge in [0.25, 0.3) is 5.91 Å². The highest BCUT2D eigenvalue weighted by atomic mass is 32.1. The molecule has 0 radical (unpaired) electrons. The molecule has 1 aromatic heterocycles. The Morgan fingerprint density at radius 2 is 1.97 bits per heavy atom. The van der Waals surface area contributed by atoms with Crippen LogP contribution in [0.5, 0.6) is 11.5 Å². The molecule has 1 aliphatic rings. The van der Waals surface area contributed by atoms with Crippen molar-refractivity contribution < 1.29 is 23.8 Å². The average molecular weight is 460 g/mol. The van der Waals surface area contributed by atoms with Gasteiger partial charge in [0.05, 0.1) is 37.5 Å². The summed E-state index contributed by atoms with van der Waals surface area (Å²) in [6.07, 6.45) is 0.890. The van der Waals surface area contributed by atoms with Crippen molar-refractivity contribution in [2.45, 2.75) is 25.8 Å². The maximum absolute atomic E-state index is 13.3. The van der Waals surface area contributed by atoms with Crippen LogP contribution in [0.4, 0.5) is 0 Å². The van der Waals surface area contributed by atoms with Crippen molar-refractivity contribution >= 4 is 28.9 Å². The van der Waals surface area contributed by atoms with Crippen LogP contribution in [-0.2, 0) is 14.3 Å². The first kappa shape index (κ1) is 23.7. The normalized spacial score (nSPS) is 15.4. The van der Waals surface area contributed by atoms with Gasteiger partial charge in [-0.15, -0.1) is 11.3 Å². The summed E-state index contributed by atoms with van der Waals surface area (Å²) in [7, 11) is 4.73. The number of rotatable bonds is 10. The second-order valence-electron chi connectivity index (χ2n) is 7.26. The number of benzene rings is 1. The summed E-state index contributed by atoms with van der Waals surface area (Å²) in [4.78, 5) is 28.3. The van der Waals surface area contributed by atoms with Crippen molar-refractivity contribution in [3.05, 3.63) is 46.2 Å². The van der Waals surface area contributed by atoms with E-state index in [2.05, 4.69) is 5.10 Å². The summed E-state index contributed by atoms with van der Waals surface area (Å²) in [6.45, 7) is 2.44. The van der Waals surface area contributed by atoms with Crippen LogP contribution in [-0.4, -0.2) is 68.5 Å². The van der Waals surface area contributed by atoms with E-state index in [0.717, 1.165) is 16.2 Å². The molecule has 0 N–H and O–H groups in total. The highest BCUT2D eigenvalue weighted by Crippen LogP contribution is 2.37. The molecule has 0 saturated heterocycles. The molecule has 0 unspecified atom stereocenters. The number of hydrogen-bond donors (Lipinski definition) is 0. The maximum Gasteiger partial charge on any atom is 0.262 e. The lowest BCUT2D eigenvalue weighted by atomic mass is 10.0. The van der Waals surface area contributed by atoms with E-state index < -0.39 is 0 Å². The second-order valence-corrected chi connectivity index (χ2v) is 8.21. The Bertz CT molecular complexity index is 961. The van der Waals surface area contributed by atoms with E-state index in [1.54, 1.807) is 39.6 Å². The first-order valence-electron chi connectivity index (χ1n) is 10.4. The predicted octanol–water partition coefficient (Wildman–Crippen LogP) is 3.33. The smallest absolute Gasteiger partial charge is 0.262 e. The Morgan fingerprint density at radius 1 is 1.19 bits per heavy atom. The van der Waals surface area contributed by atoms with Gasteiger partial charge in [0.1, 0.15) is 6.54 Å². The number of carbonyl (C=O) groups is 2. The van der Waals surface area contributed by atoms with Crippen molar-refractivity contribution in [2.75, 3.05) is 41.0 Å². The van der Waals surface area contributed by atoms with Crippen molar-refractivity contribution in [3.63, 3.8) is 0 Å². The summed E-state index contributed by atoms with van der Waals surface area (Å²) < 4.78 is 15.9. The molecule has 3 rings (SSSR count). The maximum atomic E-state index is 13.3. The molecule has 1 atom stereocenters. The summed E-state index contributed by atoms with van der Waals surface area (Å²) in [5.74, 6) is 0.865. The molecule has 32 heavy (non-hydrogen) atoms. The zero-order valence-electron chi connectivity index (χ0n) is 18.9. The number of hydrogen-bond acceptors (Lipinski definition) is 7. The molecule has 0 bridgehead atoms. The van der Waals surface area contributed by atoms with Crippen molar-refractivity contribution in [1.82, 2.24) is 9.91 Å². The van der Waals surface area contributed by atoms with Gasteiger partial charge in [-0.05, 0) is 29.1 Å². The van der Waals surface area contributed by atoms with E-state index in [4.69, 9.17) is 14.2 Å². The topological polar surface area (TPSA) is 80.7 Å². The number of ether oxygens (including phenoxy) is 3. The largest absolute Gasteiger partial charge is 0.493 e. The molecule has 0 spiro atoms. The van der Waals surface area contributed by atoms with Crippen LogP contribution in [0.25, 0.3) is 0 Å². The molecular weight excluding hydrogens is 430 g/mol. The van der Waals surface area contributed by atoms with E-state index in [1.807, 2.05) is 35.7 Å². The van der Waals surface area contributed by atoms with Crippen LogP contribution in [0.1, 0.15) is 36.2 Å². The van der Waals surface area contributed by atoms with E-state index in [0.29, 0.717) is 37.5 Å². The lowest BCUT2D eigenvalue weighted by molar-refractivity contribution is -0.141. The van der Waals surface area contributed by atoms with Crippen LogP contribution in [0, 0.1) is 0 Å². The fourth-order valence-electron chi connectivity index (χ4n) is 3.60. The fraction of sp³-hybridized carbons (Fsp3) is 0.435. The lowest BCUT2D eigenvalue weighted by Crippen LogP contribution is -2.42. The Kier molecular flexibility index (Phi) is 8.24. The Balaban J connectivity index is 1.91. The van der Waals surface area contributed by atoms with E-state index in [1.165, 1.54) is 9.91 Å². The molecule has 0 saturated carbocycles. The van der Waals surface area contributed by atoms with Gasteiger partial charge >= 0.3 is 0 Å². The molecule has 172 valence electrons. The average Bonchev–Trinajstić information content (AvgIpc) is 3.50. The van der Waals surface area contributed by atoms with Crippen LogP contribution in [0.2, 0.25) is 0 Å². The number of amides is 2. The summed E-state index contributed by atoms with van der Waals surface area (Å²) >= 11 is 1.58. The van der Waals surface area contributed by atoms with Gasteiger partial charge in [-0.1, -0.05) is 19.1 Å². The van der Waals surface area contributed by atoms with Crippen LogP contribution < -0.4 is 9.47 Å². The Hall–Kier alpha value is -2.91. The van der Waals surface area contributed by atoms with Crippen LogP contribution in [0.15, 0.2) is 40.8 Å². The van der Waals surface area contributed by atoms with Crippen molar-refractivity contribution in [3.8, 4) is 11.5 Å². The molecule has 0 aliphatic carbocycles. The zero-order valence-corrected chi connectivity index (χ0v) is 19.7. The minimum absolute atomic E-state index is 0.0545. The van der Waals surface area contributed by atoms with Gasteiger partial charge in [-0.2, -0.15) is 5.10 Å². The number of carbonyl (C=O) groups excluding carboxylic acids is 2. The molecule has 2 amide bonds. The van der Waals surface area contributed by atoms with Crippen molar-refractivity contribution in [2.24, 2.45) is 5.10 Å². The molecular formula is C23H29N3O5S. The monoisotopic (exact) mass is 459 g/mol. The predicted molar refractivity (Wildman–Crippen MR) is 123 cm³/mol. The zero-order chi connectivity index (χ0) is 23.1. The van der Waals surface area contributed by atoms with Gasteiger partial charge < -0.3 is 19.1 Å². The summed E-state index contributed by atoms with van der Waals surface area (Å²) in [5, 5.41) is 8.16. The first-order valence-corrected chi connectivity index (χ1v) is 11.3. The molecule has 1 aromatic carbocycles. The quantitative estimate of drug-likeness (QED) is 0.544. The Labute approximate surface area is 192 Å². The van der Waals surface area contributed by atoms with E-state index in [-0.39, 0.29) is 24.4 Å². The van der Waals surface area contributed by atoms with Crippen molar-refractivity contribution in [1.29, 1.82) is 0 Å². The van der Waals surface area contributed by atoms with Gasteiger partial charge in [-0.25, -0.2) is 5.01 Å². The fourth-order valence-corrected chi connectivity index (χ4v) is 4.33. The number of thiophene rings is 1. The highest BCUT2D eigenvalue weighted by molar-refractivity contribution is 7.12. The number of methoxy groups -OCH3 is 3. The molecule has 9 heteroatoms. The molecule has 2 aromatic rings. The van der Waals surface area contributed by atoms with Gasteiger partial charge in [0.15, 0.2) is 11.5 Å². The number of hydrazone groups is 1. The highest BCUT2D eigenvalue weighted by Gasteiger charge is 2.35. The SMILES string of the molecule is CCC(=O)N(CCOC)CC(=O)N1N=C(c2cccs2)C[C@H]1c1ccc(OC)c(OC)c1. The third-order valence-corrected chi connectivity index (χ3v) is 6.23. The van der Waals surface area contributed by atoms with E-state index in [9.17, 15) is 9.59 Å². The van der Waals surface area contributed by atoms with Gasteiger partial charge in [0, 0.05) is 26.5 Å². The third-order valence-electron chi connectivity index (χ3n) is 5.31. The Morgan fingerprint density at radius 3 is 2.59 bits per heavy atom. The lowest BCUT2D eigenvalue weighted by Gasteiger charge is -2.27. The standard InChI is InChI=1S/C23H29N3O5S/c1-5-22(27)25(10-11-29-2)15-23(28)26-18(14-17(24-26)21-7-6-12-32-21)16-8-9-19(30-3)20(13-16)31-4/h6-9,12-13,18H,5,10-11,14-15H2,1-4H3/t18-/m0/s1. The van der Waals surface area contributed by atoms with Crippen LogP contribution in [0.3, 0.4) is 0 Å². The third kappa shape index (κ3) is 5.28. The first-order chi connectivity index (χ1) is 15.5. The van der Waals surface area contributed by atoms with Gasteiger partial charge in [0.2, 0.25) is 5.91 Å². The number of nitrogens with zero attached hydrogens (tertiary/aromatic N) is 3.